The fourth-order valence-electron chi connectivity index (χ4n) is 2.34. The van der Waals surface area contributed by atoms with Crippen molar-refractivity contribution in [3.05, 3.63) is 11.1 Å². The van der Waals surface area contributed by atoms with Crippen molar-refractivity contribution in [2.45, 2.75) is 37.7 Å². The van der Waals surface area contributed by atoms with E-state index in [1.54, 1.807) is 30.0 Å². The second-order valence-corrected chi connectivity index (χ2v) is 9.88. The van der Waals surface area contributed by atoms with Crippen molar-refractivity contribution < 1.29 is 8.42 Å². The second-order valence-electron chi connectivity index (χ2n) is 5.45. The van der Waals surface area contributed by atoms with Crippen molar-refractivity contribution in [3.63, 3.8) is 0 Å². The summed E-state index contributed by atoms with van der Waals surface area (Å²) in [6.45, 7) is 3.27. The minimum atomic E-state index is -3.07. The molecule has 5 nitrogen and oxygen atoms in total. The van der Waals surface area contributed by atoms with E-state index in [4.69, 9.17) is 0 Å². The Labute approximate surface area is 134 Å². The molecule has 21 heavy (non-hydrogen) atoms. The van der Waals surface area contributed by atoms with E-state index in [2.05, 4.69) is 10.3 Å². The summed E-state index contributed by atoms with van der Waals surface area (Å²) >= 11 is 3.28. The largest absolute Gasteiger partial charge is 0.329 e. The number of nitrogens with one attached hydrogen (secondary N) is 1. The predicted octanol–water partition coefficient (Wildman–Crippen LogP) is 1.71. The summed E-state index contributed by atoms with van der Waals surface area (Å²) in [5.41, 5.74) is 1.02. The van der Waals surface area contributed by atoms with Gasteiger partial charge >= 0.3 is 0 Å². The van der Waals surface area contributed by atoms with Crippen molar-refractivity contribution in [2.24, 2.45) is 0 Å². The maximum atomic E-state index is 12.3. The molecule has 2 heterocycles. The van der Waals surface area contributed by atoms with Gasteiger partial charge in [0.05, 0.1) is 5.69 Å². The summed E-state index contributed by atoms with van der Waals surface area (Å²) < 4.78 is 24.6. The van der Waals surface area contributed by atoms with Crippen LogP contribution >= 0.6 is 23.1 Å². The number of hydrogen-bond donors (Lipinski definition) is 1. The molecule has 118 valence electrons. The molecule has 0 amide bonds. The highest BCUT2D eigenvalue weighted by atomic mass is 32.2. The molecule has 1 aliphatic carbocycles. The number of anilines is 1. The number of hydrogen-bond acceptors (Lipinski definition) is 7. The van der Waals surface area contributed by atoms with Crippen molar-refractivity contribution in [1.29, 1.82) is 0 Å². The zero-order valence-electron chi connectivity index (χ0n) is 12.1. The van der Waals surface area contributed by atoms with Gasteiger partial charge in [-0.3, -0.25) is 0 Å². The molecule has 2 aliphatic rings. The van der Waals surface area contributed by atoms with Gasteiger partial charge in [-0.25, -0.2) is 13.4 Å². The molecule has 3 rings (SSSR count). The first kappa shape index (κ1) is 15.6. The molecule has 1 saturated heterocycles. The van der Waals surface area contributed by atoms with Crippen LogP contribution in [-0.2, 0) is 16.4 Å². The average Bonchev–Trinajstić information content (AvgIpc) is 3.22. The molecule has 0 radical (unpaired) electrons. The molecule has 1 unspecified atom stereocenters. The second kappa shape index (κ2) is 6.44. The molecule has 1 N–H and O–H groups in total. The summed E-state index contributed by atoms with van der Waals surface area (Å²) in [5.74, 6) is 1.80. The Morgan fingerprint density at radius 2 is 2.29 bits per heavy atom. The number of thiazole rings is 1. The summed E-state index contributed by atoms with van der Waals surface area (Å²) in [6.07, 6.45) is 2.52. The van der Waals surface area contributed by atoms with Crippen LogP contribution in [-0.4, -0.2) is 48.6 Å². The Balaban J connectivity index is 1.73. The van der Waals surface area contributed by atoms with E-state index in [1.165, 1.54) is 12.8 Å². The highest BCUT2D eigenvalue weighted by Gasteiger charge is 2.34. The van der Waals surface area contributed by atoms with Crippen molar-refractivity contribution in [1.82, 2.24) is 10.3 Å². The Bertz CT molecular complexity index is 583. The maximum Gasteiger partial charge on any atom is 0.186 e. The lowest BCUT2D eigenvalue weighted by Gasteiger charge is -2.34. The quantitative estimate of drug-likeness (QED) is 0.845. The molecular weight excluding hydrogens is 326 g/mol. The zero-order valence-corrected chi connectivity index (χ0v) is 14.6. The standard InChI is InChI=1S/C13H21N3O2S3/c1-2-21(17,18)12-9-19-6-5-16(12)13-15-11(8-20-13)7-14-10-3-4-10/h8,10,12,14H,2-7,9H2,1H3. The third-order valence-electron chi connectivity index (χ3n) is 3.84. The van der Waals surface area contributed by atoms with Gasteiger partial charge in [-0.15, -0.1) is 11.3 Å². The number of nitrogens with zero attached hydrogens (tertiary/aromatic N) is 2. The third kappa shape index (κ3) is 3.72. The van der Waals surface area contributed by atoms with E-state index in [0.29, 0.717) is 11.8 Å². The molecular formula is C13H21N3O2S3. The fourth-order valence-corrected chi connectivity index (χ4v) is 6.27. The molecule has 0 bridgehead atoms. The summed E-state index contributed by atoms with van der Waals surface area (Å²) in [5, 5.41) is 5.92. The van der Waals surface area contributed by atoms with Crippen LogP contribution in [0, 0.1) is 0 Å². The molecule has 2 fully saturated rings. The number of aromatic nitrogens is 1. The molecule has 1 aromatic heterocycles. The van der Waals surface area contributed by atoms with Crippen LogP contribution in [0.15, 0.2) is 5.38 Å². The normalized spacial score (nSPS) is 23.5. The van der Waals surface area contributed by atoms with E-state index >= 15 is 0 Å². The average molecular weight is 348 g/mol. The van der Waals surface area contributed by atoms with Crippen molar-refractivity contribution >= 4 is 38.1 Å². The Morgan fingerprint density at radius 1 is 1.48 bits per heavy atom. The van der Waals surface area contributed by atoms with Crippen molar-refractivity contribution in [2.75, 3.05) is 28.7 Å². The third-order valence-corrected chi connectivity index (χ3v) is 8.05. The lowest BCUT2D eigenvalue weighted by Crippen LogP contribution is -2.48. The molecule has 8 heteroatoms. The van der Waals surface area contributed by atoms with Gasteiger partial charge in [0.2, 0.25) is 0 Å². The van der Waals surface area contributed by atoms with Gasteiger partial charge in [0.1, 0.15) is 5.37 Å². The van der Waals surface area contributed by atoms with Crippen LogP contribution in [0.3, 0.4) is 0 Å². The lowest BCUT2D eigenvalue weighted by molar-refractivity contribution is 0.579. The highest BCUT2D eigenvalue weighted by molar-refractivity contribution is 8.01. The van der Waals surface area contributed by atoms with E-state index in [1.807, 2.05) is 10.3 Å². The number of rotatable bonds is 6. The maximum absolute atomic E-state index is 12.3. The first-order valence-electron chi connectivity index (χ1n) is 7.34. The summed E-state index contributed by atoms with van der Waals surface area (Å²) in [7, 11) is -3.07. The fraction of sp³-hybridized carbons (Fsp3) is 0.769. The van der Waals surface area contributed by atoms with Gasteiger partial charge in [0.15, 0.2) is 15.0 Å². The minimum Gasteiger partial charge on any atom is -0.329 e. The van der Waals surface area contributed by atoms with Gasteiger partial charge in [-0.05, 0) is 12.8 Å². The van der Waals surface area contributed by atoms with E-state index < -0.39 is 15.2 Å². The van der Waals surface area contributed by atoms with Gasteiger partial charge in [0, 0.05) is 41.8 Å². The number of sulfone groups is 1. The van der Waals surface area contributed by atoms with Crippen LogP contribution in [0.25, 0.3) is 0 Å². The highest BCUT2D eigenvalue weighted by Crippen LogP contribution is 2.30. The Kier molecular flexibility index (Phi) is 4.78. The minimum absolute atomic E-state index is 0.191. The van der Waals surface area contributed by atoms with Gasteiger partial charge in [0.25, 0.3) is 0 Å². The predicted molar refractivity (Wildman–Crippen MR) is 89.9 cm³/mol. The van der Waals surface area contributed by atoms with Crippen molar-refractivity contribution in [3.8, 4) is 0 Å². The van der Waals surface area contributed by atoms with Gasteiger partial charge in [-0.1, -0.05) is 6.92 Å². The first-order chi connectivity index (χ1) is 10.1. The molecule has 1 aliphatic heterocycles. The smallest absolute Gasteiger partial charge is 0.186 e. The lowest BCUT2D eigenvalue weighted by atomic mass is 10.4. The zero-order chi connectivity index (χ0) is 14.9. The molecule has 0 aromatic carbocycles. The van der Waals surface area contributed by atoms with Crippen LogP contribution < -0.4 is 10.2 Å². The summed E-state index contributed by atoms with van der Waals surface area (Å²) in [6, 6.07) is 0.662. The molecule has 0 spiro atoms. The summed E-state index contributed by atoms with van der Waals surface area (Å²) in [4.78, 5) is 6.63. The van der Waals surface area contributed by atoms with E-state index in [9.17, 15) is 8.42 Å². The molecule has 1 atom stereocenters. The topological polar surface area (TPSA) is 62.3 Å². The van der Waals surface area contributed by atoms with Crippen LogP contribution in [0.2, 0.25) is 0 Å². The van der Waals surface area contributed by atoms with E-state index in [0.717, 1.165) is 29.7 Å². The van der Waals surface area contributed by atoms with Crippen LogP contribution in [0.5, 0.6) is 0 Å². The van der Waals surface area contributed by atoms with Crippen LogP contribution in [0.4, 0.5) is 5.13 Å². The Morgan fingerprint density at radius 3 is 3.00 bits per heavy atom. The number of thioether (sulfide) groups is 1. The van der Waals surface area contributed by atoms with Gasteiger partial charge in [-0.2, -0.15) is 11.8 Å². The van der Waals surface area contributed by atoms with Crippen LogP contribution in [0.1, 0.15) is 25.5 Å². The molecule has 1 aromatic rings. The monoisotopic (exact) mass is 347 g/mol. The first-order valence-corrected chi connectivity index (χ1v) is 11.1. The van der Waals surface area contributed by atoms with Gasteiger partial charge < -0.3 is 10.2 Å². The molecule has 1 saturated carbocycles. The Hall–Kier alpha value is -0.310. The van der Waals surface area contributed by atoms with E-state index in [-0.39, 0.29) is 5.75 Å². The SMILES string of the molecule is CCS(=O)(=O)C1CSCCN1c1nc(CNC2CC2)cs1.